The molecule has 0 atom stereocenters. The first kappa shape index (κ1) is 7.80. The maximum atomic E-state index is 11.2. The summed E-state index contributed by atoms with van der Waals surface area (Å²) in [6.07, 6.45) is 0. The monoisotopic (exact) mass is 172 g/mol. The molecule has 0 fully saturated rings. The highest BCUT2D eigenvalue weighted by Crippen LogP contribution is 2.18. The Morgan fingerprint density at radius 2 is 1.62 bits per heavy atom. The Morgan fingerprint density at radius 1 is 0.923 bits per heavy atom. The first-order valence-corrected chi connectivity index (χ1v) is 4.00. The van der Waals surface area contributed by atoms with Crippen LogP contribution in [0.3, 0.4) is 0 Å². The van der Waals surface area contributed by atoms with Crippen LogP contribution in [0.5, 0.6) is 5.75 Å². The molecule has 0 aliphatic carbocycles. The Bertz CT molecular complexity index is 503. The van der Waals surface area contributed by atoms with Crippen LogP contribution in [-0.2, 0) is 0 Å². The molecular weight excluding hydrogens is 164 g/mol. The molecule has 0 aromatic heterocycles. The van der Waals surface area contributed by atoms with Crippen LogP contribution in [0.4, 0.5) is 0 Å². The highest BCUT2D eigenvalue weighted by molar-refractivity contribution is 5.86. The Balaban J connectivity index is 3.06. The van der Waals surface area contributed by atoms with Crippen molar-refractivity contribution in [2.24, 2.45) is 0 Å². The fourth-order valence-electron chi connectivity index (χ4n) is 1.31. The minimum absolute atomic E-state index is 0.180. The lowest BCUT2D eigenvalue weighted by Crippen LogP contribution is -1.92. The van der Waals surface area contributed by atoms with Gasteiger partial charge in [0.15, 0.2) is 5.75 Å². The van der Waals surface area contributed by atoms with Gasteiger partial charge in [0.05, 0.1) is 0 Å². The Hall–Kier alpha value is -1.83. The second-order valence-corrected chi connectivity index (χ2v) is 2.83. The lowest BCUT2D eigenvalue weighted by Gasteiger charge is -1.92. The molecule has 2 aromatic carbocycles. The van der Waals surface area contributed by atoms with Crippen LogP contribution < -0.4 is 5.43 Å². The molecule has 0 saturated carbocycles. The molecule has 0 radical (unpaired) electrons. The zero-order valence-electron chi connectivity index (χ0n) is 6.90. The maximum Gasteiger partial charge on any atom is 0.220 e. The fraction of sp³-hybridized carbons (Fsp3) is 0. The standard InChI is InChI=1S/C11H8O2/c12-10-7-3-5-8-4-1-2-6-9(8)11(10)13/h1-7H,(H,12,13). The minimum atomic E-state index is -0.346. The number of benzene rings is 1. The number of hydrogen-bond donors (Lipinski definition) is 1. The van der Waals surface area contributed by atoms with Crippen molar-refractivity contribution in [3.05, 3.63) is 52.7 Å². The lowest BCUT2D eigenvalue weighted by atomic mass is 10.2. The van der Waals surface area contributed by atoms with Crippen molar-refractivity contribution in [1.82, 2.24) is 0 Å². The molecule has 0 aliphatic rings. The molecular formula is C11H8O2. The van der Waals surface area contributed by atoms with E-state index in [2.05, 4.69) is 0 Å². The number of aromatic hydroxyl groups is 1. The van der Waals surface area contributed by atoms with E-state index in [1.54, 1.807) is 24.3 Å². The zero-order valence-corrected chi connectivity index (χ0v) is 6.90. The van der Waals surface area contributed by atoms with E-state index >= 15 is 0 Å². The second kappa shape index (κ2) is 2.90. The van der Waals surface area contributed by atoms with Gasteiger partial charge in [-0.25, -0.2) is 0 Å². The van der Waals surface area contributed by atoms with Crippen molar-refractivity contribution in [1.29, 1.82) is 0 Å². The molecule has 0 aliphatic heterocycles. The predicted octanol–water partition coefficient (Wildman–Crippen LogP) is 1.91. The summed E-state index contributed by atoms with van der Waals surface area (Å²) in [5, 5.41) is 11.0. The van der Waals surface area contributed by atoms with Gasteiger partial charge < -0.3 is 5.11 Å². The van der Waals surface area contributed by atoms with Gasteiger partial charge >= 0.3 is 0 Å². The van der Waals surface area contributed by atoms with Gasteiger partial charge in [-0.2, -0.15) is 0 Å². The molecule has 0 heterocycles. The van der Waals surface area contributed by atoms with Crippen molar-refractivity contribution in [2.75, 3.05) is 0 Å². The molecule has 1 N–H and O–H groups in total. The molecule has 2 aromatic rings. The van der Waals surface area contributed by atoms with Crippen LogP contribution in [0.1, 0.15) is 0 Å². The summed E-state index contributed by atoms with van der Waals surface area (Å²) < 4.78 is 0. The minimum Gasteiger partial charge on any atom is -0.504 e. The Morgan fingerprint density at radius 3 is 2.46 bits per heavy atom. The first-order chi connectivity index (χ1) is 6.29. The van der Waals surface area contributed by atoms with Gasteiger partial charge in [0, 0.05) is 5.39 Å². The van der Waals surface area contributed by atoms with Gasteiger partial charge in [-0.15, -0.1) is 0 Å². The third-order valence-electron chi connectivity index (χ3n) is 1.97. The van der Waals surface area contributed by atoms with E-state index < -0.39 is 0 Å². The van der Waals surface area contributed by atoms with Crippen molar-refractivity contribution in [2.45, 2.75) is 0 Å². The average Bonchev–Trinajstić information content (AvgIpc) is 2.29. The highest BCUT2D eigenvalue weighted by Gasteiger charge is 1.99. The molecule has 0 unspecified atom stereocenters. The summed E-state index contributed by atoms with van der Waals surface area (Å²) in [6.45, 7) is 0. The van der Waals surface area contributed by atoms with E-state index in [1.165, 1.54) is 6.07 Å². The molecule has 2 heteroatoms. The van der Waals surface area contributed by atoms with Gasteiger partial charge in [-0.1, -0.05) is 36.4 Å². The van der Waals surface area contributed by atoms with Gasteiger partial charge in [-0.05, 0) is 11.5 Å². The predicted molar refractivity (Wildman–Crippen MR) is 51.9 cm³/mol. The Labute approximate surface area is 75.1 Å². The van der Waals surface area contributed by atoms with Crippen molar-refractivity contribution >= 4 is 10.8 Å². The van der Waals surface area contributed by atoms with Crippen molar-refractivity contribution in [3.8, 4) is 5.75 Å². The smallest absolute Gasteiger partial charge is 0.220 e. The molecule has 13 heavy (non-hydrogen) atoms. The average molecular weight is 172 g/mol. The lowest BCUT2D eigenvalue weighted by molar-refractivity contribution is 0.477. The summed E-state index contributed by atoms with van der Waals surface area (Å²) in [5.74, 6) is -0.180. The van der Waals surface area contributed by atoms with Crippen LogP contribution in [0.25, 0.3) is 10.8 Å². The van der Waals surface area contributed by atoms with Crippen LogP contribution in [0.2, 0.25) is 0 Å². The third-order valence-corrected chi connectivity index (χ3v) is 1.97. The Kier molecular flexibility index (Phi) is 1.74. The second-order valence-electron chi connectivity index (χ2n) is 2.83. The molecule has 2 nitrogen and oxygen atoms in total. The van der Waals surface area contributed by atoms with Gasteiger partial charge in [0.1, 0.15) is 0 Å². The molecule has 64 valence electrons. The van der Waals surface area contributed by atoms with Gasteiger partial charge in [0.2, 0.25) is 5.43 Å². The van der Waals surface area contributed by atoms with E-state index in [9.17, 15) is 9.90 Å². The largest absolute Gasteiger partial charge is 0.504 e. The number of rotatable bonds is 0. The van der Waals surface area contributed by atoms with Crippen LogP contribution in [0.15, 0.2) is 47.3 Å². The van der Waals surface area contributed by atoms with Crippen LogP contribution in [0, 0.1) is 0 Å². The normalized spacial score (nSPS) is 10.2. The molecule has 0 amide bonds. The number of fused-ring (bicyclic) bond motifs is 1. The topological polar surface area (TPSA) is 37.3 Å². The summed E-state index contributed by atoms with van der Waals surface area (Å²) in [4.78, 5) is 11.2. The summed E-state index contributed by atoms with van der Waals surface area (Å²) in [6, 6.07) is 12.0. The molecule has 0 bridgehead atoms. The van der Waals surface area contributed by atoms with Crippen LogP contribution in [-0.4, -0.2) is 5.11 Å². The number of hydrogen-bond acceptors (Lipinski definition) is 2. The van der Waals surface area contributed by atoms with Gasteiger partial charge in [-0.3, -0.25) is 4.79 Å². The van der Waals surface area contributed by atoms with Gasteiger partial charge in [0.25, 0.3) is 0 Å². The quantitative estimate of drug-likeness (QED) is 0.659. The molecule has 2 rings (SSSR count). The van der Waals surface area contributed by atoms with Crippen molar-refractivity contribution in [3.63, 3.8) is 0 Å². The first-order valence-electron chi connectivity index (χ1n) is 4.00. The highest BCUT2D eigenvalue weighted by atomic mass is 16.3. The van der Waals surface area contributed by atoms with E-state index in [0.29, 0.717) is 5.39 Å². The van der Waals surface area contributed by atoms with E-state index in [-0.39, 0.29) is 11.2 Å². The SMILES string of the molecule is O=c1cccc2ccccc2c1O. The maximum absolute atomic E-state index is 11.2. The van der Waals surface area contributed by atoms with Crippen LogP contribution >= 0.6 is 0 Å². The van der Waals surface area contributed by atoms with E-state index in [1.807, 2.05) is 12.1 Å². The molecule has 0 saturated heterocycles. The van der Waals surface area contributed by atoms with E-state index in [4.69, 9.17) is 0 Å². The van der Waals surface area contributed by atoms with E-state index in [0.717, 1.165) is 5.39 Å². The molecule has 0 spiro atoms. The fourth-order valence-corrected chi connectivity index (χ4v) is 1.31. The summed E-state index contributed by atoms with van der Waals surface area (Å²) >= 11 is 0. The summed E-state index contributed by atoms with van der Waals surface area (Å²) in [5.41, 5.74) is -0.346. The van der Waals surface area contributed by atoms with Crippen molar-refractivity contribution < 1.29 is 5.11 Å². The summed E-state index contributed by atoms with van der Waals surface area (Å²) in [7, 11) is 0. The third kappa shape index (κ3) is 1.26. The zero-order chi connectivity index (χ0) is 9.26.